The van der Waals surface area contributed by atoms with Gasteiger partial charge < -0.3 is 4.90 Å². The summed E-state index contributed by atoms with van der Waals surface area (Å²) >= 11 is 0. The SMILES string of the molecule is Cn1c(=O)c2ccc([C@@H]3CCCCN3C(=O)C3CCCC3)nc2n(C)c1=O. The molecule has 1 aliphatic carbocycles. The van der Waals surface area contributed by atoms with Gasteiger partial charge in [0.15, 0.2) is 0 Å². The van der Waals surface area contributed by atoms with Crippen molar-refractivity contribution in [3.05, 3.63) is 38.7 Å². The second kappa shape index (κ2) is 6.94. The molecule has 7 heteroatoms. The zero-order valence-corrected chi connectivity index (χ0v) is 16.0. The van der Waals surface area contributed by atoms with Crippen LogP contribution in [0.4, 0.5) is 0 Å². The highest BCUT2D eigenvalue weighted by molar-refractivity contribution is 5.80. The average Bonchev–Trinajstić information content (AvgIpc) is 3.24. The Hall–Kier alpha value is -2.44. The van der Waals surface area contributed by atoms with Crippen molar-refractivity contribution in [1.82, 2.24) is 19.0 Å². The van der Waals surface area contributed by atoms with Crippen LogP contribution in [-0.2, 0) is 18.9 Å². The topological polar surface area (TPSA) is 77.2 Å². The zero-order valence-electron chi connectivity index (χ0n) is 16.0. The van der Waals surface area contributed by atoms with Gasteiger partial charge >= 0.3 is 5.69 Å². The van der Waals surface area contributed by atoms with E-state index in [0.29, 0.717) is 11.0 Å². The molecule has 27 heavy (non-hydrogen) atoms. The van der Waals surface area contributed by atoms with Crippen LogP contribution in [0.15, 0.2) is 21.7 Å². The van der Waals surface area contributed by atoms with Gasteiger partial charge in [0.25, 0.3) is 5.56 Å². The minimum absolute atomic E-state index is 0.0737. The van der Waals surface area contributed by atoms with Gasteiger partial charge in [-0.3, -0.25) is 18.7 Å². The summed E-state index contributed by atoms with van der Waals surface area (Å²) in [5.74, 6) is 0.389. The molecule has 0 spiro atoms. The van der Waals surface area contributed by atoms with Crippen molar-refractivity contribution in [2.45, 2.75) is 51.0 Å². The highest BCUT2D eigenvalue weighted by Crippen LogP contribution is 2.35. The van der Waals surface area contributed by atoms with Crippen molar-refractivity contribution in [2.75, 3.05) is 6.54 Å². The first kappa shape index (κ1) is 17.9. The molecule has 2 aromatic heterocycles. The number of carbonyl (C=O) groups is 1. The lowest BCUT2D eigenvalue weighted by Gasteiger charge is -2.37. The van der Waals surface area contributed by atoms with Crippen molar-refractivity contribution in [2.24, 2.45) is 20.0 Å². The van der Waals surface area contributed by atoms with E-state index in [4.69, 9.17) is 0 Å². The lowest BCUT2D eigenvalue weighted by molar-refractivity contribution is -0.139. The molecule has 1 atom stereocenters. The maximum absolute atomic E-state index is 13.1. The van der Waals surface area contributed by atoms with E-state index >= 15 is 0 Å². The fourth-order valence-electron chi connectivity index (χ4n) is 4.56. The minimum Gasteiger partial charge on any atom is -0.334 e. The summed E-state index contributed by atoms with van der Waals surface area (Å²) in [5.41, 5.74) is 0.436. The van der Waals surface area contributed by atoms with Crippen LogP contribution in [0.1, 0.15) is 56.7 Å². The molecule has 2 aromatic rings. The summed E-state index contributed by atoms with van der Waals surface area (Å²) < 4.78 is 2.51. The molecule has 0 N–H and O–H groups in total. The summed E-state index contributed by atoms with van der Waals surface area (Å²) in [6, 6.07) is 3.51. The number of likely N-dealkylation sites (tertiary alicyclic amines) is 1. The van der Waals surface area contributed by atoms with Crippen LogP contribution >= 0.6 is 0 Å². The van der Waals surface area contributed by atoms with Gasteiger partial charge in [0.1, 0.15) is 5.65 Å². The molecular formula is C20H26N4O3. The molecule has 144 valence electrons. The van der Waals surface area contributed by atoms with Crippen LogP contribution in [0, 0.1) is 5.92 Å². The Morgan fingerprint density at radius 2 is 1.70 bits per heavy atom. The number of rotatable bonds is 2. The monoisotopic (exact) mass is 370 g/mol. The van der Waals surface area contributed by atoms with Crippen LogP contribution in [0.2, 0.25) is 0 Å². The van der Waals surface area contributed by atoms with Crippen molar-refractivity contribution in [3.8, 4) is 0 Å². The Morgan fingerprint density at radius 1 is 1.00 bits per heavy atom. The van der Waals surface area contributed by atoms with E-state index in [1.807, 2.05) is 11.0 Å². The van der Waals surface area contributed by atoms with E-state index in [1.165, 1.54) is 11.6 Å². The van der Waals surface area contributed by atoms with Crippen LogP contribution < -0.4 is 11.2 Å². The third-order valence-electron chi connectivity index (χ3n) is 6.15. The third-order valence-corrected chi connectivity index (χ3v) is 6.15. The number of hydrogen-bond donors (Lipinski definition) is 0. The van der Waals surface area contributed by atoms with Crippen molar-refractivity contribution in [1.29, 1.82) is 0 Å². The van der Waals surface area contributed by atoms with Gasteiger partial charge in [0.05, 0.1) is 17.1 Å². The summed E-state index contributed by atoms with van der Waals surface area (Å²) in [6.07, 6.45) is 7.17. The van der Waals surface area contributed by atoms with Crippen LogP contribution in [0.3, 0.4) is 0 Å². The Bertz CT molecular complexity index is 1000. The van der Waals surface area contributed by atoms with E-state index in [1.54, 1.807) is 13.1 Å². The summed E-state index contributed by atoms with van der Waals surface area (Å²) in [5, 5.41) is 0.424. The fourth-order valence-corrected chi connectivity index (χ4v) is 4.56. The molecule has 1 amide bonds. The zero-order chi connectivity index (χ0) is 19.1. The van der Waals surface area contributed by atoms with Crippen molar-refractivity contribution in [3.63, 3.8) is 0 Å². The molecule has 2 aliphatic rings. The number of aromatic nitrogens is 3. The van der Waals surface area contributed by atoms with Crippen LogP contribution in [0.5, 0.6) is 0 Å². The summed E-state index contributed by atoms with van der Waals surface area (Å²) in [4.78, 5) is 44.4. The molecule has 0 unspecified atom stereocenters. The van der Waals surface area contributed by atoms with Crippen LogP contribution in [-0.4, -0.2) is 31.5 Å². The lowest BCUT2D eigenvalue weighted by Crippen LogP contribution is -2.42. The van der Waals surface area contributed by atoms with Crippen molar-refractivity contribution >= 4 is 16.9 Å². The van der Waals surface area contributed by atoms with Crippen LogP contribution in [0.25, 0.3) is 11.0 Å². The Labute approximate surface area is 157 Å². The van der Waals surface area contributed by atoms with E-state index in [0.717, 1.165) is 61.8 Å². The standard InChI is InChI=1S/C20H26N4O3/c1-22-17-14(19(26)23(2)20(22)27)10-11-15(21-17)16-9-5-6-12-24(16)18(25)13-7-3-4-8-13/h10-11,13,16H,3-9,12H2,1-2H3/t16-/m0/s1. The van der Waals surface area contributed by atoms with Gasteiger partial charge in [-0.25, -0.2) is 9.78 Å². The molecule has 7 nitrogen and oxygen atoms in total. The maximum Gasteiger partial charge on any atom is 0.332 e. The normalized spacial score (nSPS) is 21.1. The predicted molar refractivity (Wildman–Crippen MR) is 102 cm³/mol. The van der Waals surface area contributed by atoms with Crippen molar-refractivity contribution < 1.29 is 4.79 Å². The number of nitrogens with zero attached hydrogens (tertiary/aromatic N) is 4. The molecule has 1 saturated carbocycles. The predicted octanol–water partition coefficient (Wildman–Crippen LogP) is 1.88. The van der Waals surface area contributed by atoms with Gasteiger partial charge in [-0.15, -0.1) is 0 Å². The van der Waals surface area contributed by atoms with Gasteiger partial charge in [-0.2, -0.15) is 0 Å². The first-order valence-electron chi connectivity index (χ1n) is 9.86. The molecule has 4 rings (SSSR count). The highest BCUT2D eigenvalue weighted by Gasteiger charge is 2.34. The van der Waals surface area contributed by atoms with Gasteiger partial charge in [0.2, 0.25) is 5.91 Å². The number of aryl methyl sites for hydroxylation is 1. The molecule has 1 saturated heterocycles. The average molecular weight is 370 g/mol. The fraction of sp³-hybridized carbons (Fsp3) is 0.600. The first-order chi connectivity index (χ1) is 13.0. The van der Waals surface area contributed by atoms with Gasteiger partial charge in [-0.05, 0) is 44.2 Å². The third kappa shape index (κ3) is 2.99. The summed E-state index contributed by atoms with van der Waals surface area (Å²) in [6.45, 7) is 0.759. The molecule has 0 radical (unpaired) electrons. The highest BCUT2D eigenvalue weighted by atomic mass is 16.2. The molecule has 2 fully saturated rings. The lowest BCUT2D eigenvalue weighted by atomic mass is 9.95. The number of carbonyl (C=O) groups excluding carboxylic acids is 1. The van der Waals surface area contributed by atoms with E-state index in [9.17, 15) is 14.4 Å². The molecule has 0 bridgehead atoms. The van der Waals surface area contributed by atoms with Gasteiger partial charge in [0, 0.05) is 26.6 Å². The van der Waals surface area contributed by atoms with Gasteiger partial charge in [-0.1, -0.05) is 12.8 Å². The Kier molecular flexibility index (Phi) is 4.61. The number of fused-ring (bicyclic) bond motifs is 1. The number of hydrogen-bond acceptors (Lipinski definition) is 4. The van der Waals surface area contributed by atoms with E-state index in [2.05, 4.69) is 4.98 Å². The smallest absolute Gasteiger partial charge is 0.332 e. The van der Waals surface area contributed by atoms with E-state index < -0.39 is 0 Å². The minimum atomic E-state index is -0.389. The second-order valence-electron chi connectivity index (χ2n) is 7.84. The molecule has 1 aliphatic heterocycles. The number of piperidine rings is 1. The largest absolute Gasteiger partial charge is 0.334 e. The summed E-state index contributed by atoms with van der Waals surface area (Å²) in [7, 11) is 3.10. The number of pyridine rings is 1. The number of amides is 1. The molecule has 3 heterocycles. The Balaban J connectivity index is 1.76. The Morgan fingerprint density at radius 3 is 2.44 bits per heavy atom. The molecular weight excluding hydrogens is 344 g/mol. The first-order valence-corrected chi connectivity index (χ1v) is 9.86. The van der Waals surface area contributed by atoms with E-state index in [-0.39, 0.29) is 29.1 Å². The second-order valence-corrected chi connectivity index (χ2v) is 7.84. The maximum atomic E-state index is 13.1. The quantitative estimate of drug-likeness (QED) is 0.809. The molecule has 0 aromatic carbocycles.